The molecule has 90 valence electrons. The maximum atomic E-state index is 9.10. The first-order chi connectivity index (χ1) is 8.80. The highest BCUT2D eigenvalue weighted by atomic mass is 15.0. The molecule has 0 saturated carbocycles. The number of anilines is 1. The van der Waals surface area contributed by atoms with Crippen LogP contribution in [0.15, 0.2) is 36.4 Å². The van der Waals surface area contributed by atoms with Crippen molar-refractivity contribution >= 4 is 5.82 Å². The Hall–Kier alpha value is -2.34. The van der Waals surface area contributed by atoms with Crippen LogP contribution in [0.4, 0.5) is 5.82 Å². The normalized spacial score (nSPS) is 9.83. The molecule has 3 nitrogen and oxygen atoms in total. The van der Waals surface area contributed by atoms with Gasteiger partial charge in [0, 0.05) is 12.6 Å². The Morgan fingerprint density at radius 1 is 1.28 bits per heavy atom. The fourth-order valence-corrected chi connectivity index (χ4v) is 1.95. The molecule has 0 atom stereocenters. The van der Waals surface area contributed by atoms with Crippen molar-refractivity contribution in [3.05, 3.63) is 47.5 Å². The summed E-state index contributed by atoms with van der Waals surface area (Å²) in [5, 5.41) is 12.1. The summed E-state index contributed by atoms with van der Waals surface area (Å²) in [5.41, 5.74) is 3.71. The fraction of sp³-hybridized carbons (Fsp3) is 0.200. The van der Waals surface area contributed by atoms with Crippen molar-refractivity contribution in [2.45, 2.75) is 13.3 Å². The Kier molecular flexibility index (Phi) is 3.59. The molecule has 0 amide bonds. The standard InChI is InChI=1S/C15H15N3/c1-3-11-9-13(10-16)15(17-2)18-14(11)12-7-5-4-6-8-12/h4-9H,3H2,1-2H3,(H,17,18). The number of aromatic nitrogens is 1. The van der Waals surface area contributed by atoms with E-state index in [0.717, 1.165) is 23.2 Å². The highest BCUT2D eigenvalue weighted by molar-refractivity contribution is 5.68. The highest BCUT2D eigenvalue weighted by Crippen LogP contribution is 2.26. The van der Waals surface area contributed by atoms with E-state index >= 15 is 0 Å². The van der Waals surface area contributed by atoms with Gasteiger partial charge < -0.3 is 5.32 Å². The lowest BCUT2D eigenvalue weighted by Gasteiger charge is -2.11. The van der Waals surface area contributed by atoms with Crippen LogP contribution in [0.2, 0.25) is 0 Å². The van der Waals surface area contributed by atoms with Crippen LogP contribution in [-0.4, -0.2) is 12.0 Å². The molecule has 3 heteroatoms. The minimum Gasteiger partial charge on any atom is -0.372 e. The second kappa shape index (κ2) is 5.33. The van der Waals surface area contributed by atoms with Gasteiger partial charge in [0.1, 0.15) is 11.9 Å². The second-order valence-electron chi connectivity index (χ2n) is 3.97. The van der Waals surface area contributed by atoms with Gasteiger partial charge in [0.25, 0.3) is 0 Å². The summed E-state index contributed by atoms with van der Waals surface area (Å²) >= 11 is 0. The first kappa shape index (κ1) is 12.1. The molecule has 1 N–H and O–H groups in total. The molecule has 2 aromatic rings. The van der Waals surface area contributed by atoms with Crippen LogP contribution in [0.25, 0.3) is 11.3 Å². The van der Waals surface area contributed by atoms with Crippen molar-refractivity contribution in [2.24, 2.45) is 0 Å². The van der Waals surface area contributed by atoms with E-state index in [1.807, 2.05) is 36.4 Å². The minimum absolute atomic E-state index is 0.592. The number of aryl methyl sites for hydroxylation is 1. The molecule has 0 radical (unpaired) electrons. The van der Waals surface area contributed by atoms with E-state index in [4.69, 9.17) is 5.26 Å². The molecule has 0 aliphatic heterocycles. The first-order valence-corrected chi connectivity index (χ1v) is 5.97. The molecular formula is C15H15N3. The second-order valence-corrected chi connectivity index (χ2v) is 3.97. The van der Waals surface area contributed by atoms with Crippen molar-refractivity contribution in [1.29, 1.82) is 5.26 Å². The summed E-state index contributed by atoms with van der Waals surface area (Å²) in [5.74, 6) is 0.633. The molecule has 2 rings (SSSR count). The van der Waals surface area contributed by atoms with Gasteiger partial charge >= 0.3 is 0 Å². The predicted octanol–water partition coefficient (Wildman–Crippen LogP) is 3.22. The van der Waals surface area contributed by atoms with Gasteiger partial charge in [-0.2, -0.15) is 5.26 Å². The quantitative estimate of drug-likeness (QED) is 0.891. The predicted molar refractivity (Wildman–Crippen MR) is 73.3 cm³/mol. The zero-order valence-corrected chi connectivity index (χ0v) is 10.6. The van der Waals surface area contributed by atoms with Gasteiger partial charge in [-0.15, -0.1) is 0 Å². The van der Waals surface area contributed by atoms with Gasteiger partial charge in [-0.25, -0.2) is 4.98 Å². The Labute approximate surface area is 107 Å². The Bertz CT molecular complexity index is 583. The maximum Gasteiger partial charge on any atom is 0.144 e. The number of benzene rings is 1. The van der Waals surface area contributed by atoms with Crippen LogP contribution < -0.4 is 5.32 Å². The van der Waals surface area contributed by atoms with Crippen LogP contribution in [0, 0.1) is 11.3 Å². The molecule has 0 aliphatic rings. The van der Waals surface area contributed by atoms with E-state index in [2.05, 4.69) is 23.3 Å². The van der Waals surface area contributed by atoms with E-state index < -0.39 is 0 Å². The van der Waals surface area contributed by atoms with Gasteiger partial charge in [0.05, 0.1) is 11.3 Å². The van der Waals surface area contributed by atoms with Gasteiger partial charge in [-0.3, -0.25) is 0 Å². The third-order valence-electron chi connectivity index (χ3n) is 2.89. The van der Waals surface area contributed by atoms with Crippen molar-refractivity contribution < 1.29 is 0 Å². The molecule has 0 aliphatic carbocycles. The van der Waals surface area contributed by atoms with Crippen molar-refractivity contribution in [3.63, 3.8) is 0 Å². The summed E-state index contributed by atoms with van der Waals surface area (Å²) in [7, 11) is 1.78. The molecule has 0 unspecified atom stereocenters. The molecule has 1 aromatic heterocycles. The monoisotopic (exact) mass is 237 g/mol. The lowest BCUT2D eigenvalue weighted by molar-refractivity contribution is 1.10. The highest BCUT2D eigenvalue weighted by Gasteiger charge is 2.11. The van der Waals surface area contributed by atoms with Crippen LogP contribution >= 0.6 is 0 Å². The van der Waals surface area contributed by atoms with E-state index in [1.165, 1.54) is 0 Å². The third-order valence-corrected chi connectivity index (χ3v) is 2.89. The molecular weight excluding hydrogens is 222 g/mol. The van der Waals surface area contributed by atoms with Crippen molar-refractivity contribution in [2.75, 3.05) is 12.4 Å². The van der Waals surface area contributed by atoms with Crippen LogP contribution in [0.5, 0.6) is 0 Å². The van der Waals surface area contributed by atoms with E-state index in [0.29, 0.717) is 11.4 Å². The molecule has 0 saturated heterocycles. The van der Waals surface area contributed by atoms with Gasteiger partial charge in [0.15, 0.2) is 0 Å². The van der Waals surface area contributed by atoms with Crippen molar-refractivity contribution in [3.8, 4) is 17.3 Å². The van der Waals surface area contributed by atoms with E-state index in [9.17, 15) is 0 Å². The Balaban J connectivity index is 2.64. The van der Waals surface area contributed by atoms with Gasteiger partial charge in [-0.05, 0) is 18.1 Å². The van der Waals surface area contributed by atoms with Gasteiger partial charge in [-0.1, -0.05) is 37.3 Å². The average Bonchev–Trinajstić information content (AvgIpc) is 2.46. The number of hydrogen-bond acceptors (Lipinski definition) is 3. The molecule has 0 fully saturated rings. The zero-order valence-electron chi connectivity index (χ0n) is 10.6. The SMILES string of the molecule is CCc1cc(C#N)c(NC)nc1-c1ccccc1. The number of pyridine rings is 1. The summed E-state index contributed by atoms with van der Waals surface area (Å²) in [6.07, 6.45) is 0.857. The summed E-state index contributed by atoms with van der Waals surface area (Å²) in [6, 6.07) is 14.1. The first-order valence-electron chi connectivity index (χ1n) is 5.97. The fourth-order valence-electron chi connectivity index (χ4n) is 1.95. The lowest BCUT2D eigenvalue weighted by atomic mass is 10.0. The molecule has 0 spiro atoms. The minimum atomic E-state index is 0.592. The third kappa shape index (κ3) is 2.18. The van der Waals surface area contributed by atoms with Crippen LogP contribution in [0.3, 0.4) is 0 Å². The Morgan fingerprint density at radius 3 is 2.56 bits per heavy atom. The smallest absolute Gasteiger partial charge is 0.144 e. The number of nitrogens with one attached hydrogen (secondary N) is 1. The summed E-state index contributed by atoms with van der Waals surface area (Å²) in [6.45, 7) is 2.07. The molecule has 1 heterocycles. The van der Waals surface area contributed by atoms with Crippen LogP contribution in [-0.2, 0) is 6.42 Å². The maximum absolute atomic E-state index is 9.10. The lowest BCUT2D eigenvalue weighted by Crippen LogP contribution is -2.01. The van der Waals surface area contributed by atoms with Crippen molar-refractivity contribution in [1.82, 2.24) is 4.98 Å². The number of nitrogens with zero attached hydrogens (tertiary/aromatic N) is 2. The number of rotatable bonds is 3. The van der Waals surface area contributed by atoms with Gasteiger partial charge in [0.2, 0.25) is 0 Å². The topological polar surface area (TPSA) is 48.7 Å². The van der Waals surface area contributed by atoms with E-state index in [-0.39, 0.29) is 0 Å². The molecule has 0 bridgehead atoms. The van der Waals surface area contributed by atoms with E-state index in [1.54, 1.807) is 7.05 Å². The number of nitriles is 1. The molecule has 1 aromatic carbocycles. The van der Waals surface area contributed by atoms with Crippen LogP contribution in [0.1, 0.15) is 18.1 Å². The number of hydrogen-bond donors (Lipinski definition) is 1. The zero-order chi connectivity index (χ0) is 13.0. The Morgan fingerprint density at radius 2 is 2.00 bits per heavy atom. The summed E-state index contributed by atoms with van der Waals surface area (Å²) in [4.78, 5) is 4.57. The average molecular weight is 237 g/mol. The largest absolute Gasteiger partial charge is 0.372 e. The summed E-state index contributed by atoms with van der Waals surface area (Å²) < 4.78 is 0. The molecule has 18 heavy (non-hydrogen) atoms.